The van der Waals surface area contributed by atoms with Crippen LogP contribution in [0.5, 0.6) is 0 Å². The highest BCUT2D eigenvalue weighted by atomic mass is 15.0. The van der Waals surface area contributed by atoms with Gasteiger partial charge in [0.2, 0.25) is 0 Å². The molecule has 0 fully saturated rings. The minimum Gasteiger partial charge on any atom is -0.309 e. The maximum Gasteiger partial charge on any atom is 0.161 e. The molecule has 10 aromatic heterocycles. The van der Waals surface area contributed by atoms with Crippen molar-refractivity contribution >= 4 is 43.6 Å². The van der Waals surface area contributed by atoms with E-state index in [0.29, 0.717) is 11.6 Å². The first-order valence-corrected chi connectivity index (χ1v) is 36.5. The monoisotopic (exact) mass is 1410 g/mol. The highest BCUT2D eigenvalue weighted by molar-refractivity contribution is 6.10. The molecule has 12 nitrogen and oxygen atoms in total. The second kappa shape index (κ2) is 29.1. The van der Waals surface area contributed by atoms with E-state index in [1.165, 1.54) is 43.6 Å². The molecule has 20 rings (SSSR count). The zero-order valence-electron chi connectivity index (χ0n) is 59.3. The molecule has 0 aliphatic rings. The first-order valence-electron chi connectivity index (χ1n) is 36.5. The fraction of sp³-hybridized carbons (Fsp3) is 0. The molecule has 0 spiro atoms. The van der Waals surface area contributed by atoms with Gasteiger partial charge in [0.05, 0.1) is 90.4 Å². The molecule has 10 aromatic carbocycles. The van der Waals surface area contributed by atoms with Crippen LogP contribution in [0.1, 0.15) is 0 Å². The first kappa shape index (κ1) is 65.6. The zero-order chi connectivity index (χ0) is 73.1. The molecular formula is C98H64N12. The summed E-state index contributed by atoms with van der Waals surface area (Å²) < 4.78 is 4.67. The van der Waals surface area contributed by atoms with Crippen LogP contribution in [0.25, 0.3) is 191 Å². The lowest BCUT2D eigenvalue weighted by molar-refractivity contribution is 1.16. The fourth-order valence-electron chi connectivity index (χ4n) is 14.5. The van der Waals surface area contributed by atoms with E-state index in [0.717, 1.165) is 135 Å². The van der Waals surface area contributed by atoms with Gasteiger partial charge < -0.3 is 9.13 Å². The van der Waals surface area contributed by atoms with E-state index in [2.05, 4.69) is 237 Å². The van der Waals surface area contributed by atoms with Crippen LogP contribution in [-0.2, 0) is 0 Å². The third-order valence-electron chi connectivity index (χ3n) is 19.9. The summed E-state index contributed by atoms with van der Waals surface area (Å²) >= 11 is 0. The van der Waals surface area contributed by atoms with Gasteiger partial charge in [0.25, 0.3) is 0 Å². The van der Waals surface area contributed by atoms with E-state index < -0.39 is 0 Å². The van der Waals surface area contributed by atoms with Crippen LogP contribution in [0.4, 0.5) is 0 Å². The average Bonchev–Trinajstić information content (AvgIpc) is 1.59. The van der Waals surface area contributed by atoms with E-state index in [-0.39, 0.29) is 0 Å². The summed E-state index contributed by atoms with van der Waals surface area (Å²) in [5, 5.41) is 4.95. The summed E-state index contributed by atoms with van der Waals surface area (Å²) in [6, 6.07) is 125. The molecule has 0 radical (unpaired) electrons. The van der Waals surface area contributed by atoms with Crippen LogP contribution in [0, 0.1) is 0 Å². The van der Waals surface area contributed by atoms with E-state index in [1.54, 1.807) is 12.4 Å². The molecule has 10 heterocycles. The number of pyridine rings is 6. The summed E-state index contributed by atoms with van der Waals surface area (Å²) in [5.41, 5.74) is 26.3. The van der Waals surface area contributed by atoms with Gasteiger partial charge in [-0.1, -0.05) is 231 Å². The molecule has 0 bridgehead atoms. The second-order valence-electron chi connectivity index (χ2n) is 26.8. The van der Waals surface area contributed by atoms with Crippen molar-refractivity contribution in [3.05, 3.63) is 389 Å². The molecule has 12 heteroatoms. The summed E-state index contributed by atoms with van der Waals surface area (Å²) in [7, 11) is 0. The van der Waals surface area contributed by atoms with Crippen molar-refractivity contribution in [1.82, 2.24) is 59.0 Å². The van der Waals surface area contributed by atoms with Crippen molar-refractivity contribution in [2.75, 3.05) is 0 Å². The largest absolute Gasteiger partial charge is 0.309 e. The number of hydrogen-bond acceptors (Lipinski definition) is 10. The summed E-state index contributed by atoms with van der Waals surface area (Å²) in [6.45, 7) is 0. The Morgan fingerprint density at radius 3 is 0.836 bits per heavy atom. The number of benzene rings is 10. The minimum absolute atomic E-state index is 0.608. The SMILES string of the molecule is c1ccc(-c2cc(-c3ccccc3)nc(-c3ccc(-c4cc(-c5ccc(-n6c7ccccc7c7ccccc76)cc5)cc(-c5ccccn5)n4)nc3)n2)cc1.c1ccc(-c2cc(-c3ccccc3)nc(-c3ccc(-c4cc(-c5cccc(-n6c7ccccc7c7ccccc76)c5)cc(-c5ccccn5)n4)nc3)n2)cc1. The Labute approximate surface area is 634 Å². The number of nitrogens with zero attached hydrogens (tertiary/aromatic N) is 12. The maximum atomic E-state index is 5.10. The molecule has 516 valence electrons. The molecule has 0 aliphatic heterocycles. The van der Waals surface area contributed by atoms with Crippen molar-refractivity contribution < 1.29 is 0 Å². The van der Waals surface area contributed by atoms with Gasteiger partial charge in [-0.3, -0.25) is 19.9 Å². The minimum atomic E-state index is 0.608. The molecule has 0 saturated heterocycles. The van der Waals surface area contributed by atoms with Gasteiger partial charge in [-0.05, 0) is 156 Å². The standard InChI is InChI=1S/2C49H32N6/c1-3-14-33(15-4-1)43-31-44(34-16-5-2-6-17-34)54-49(53-43)36-25-26-42(51-32-36)46-30-37(29-45(52-46)41-22-11-12-27-50-41)35-18-13-19-38(28-35)55-47-23-9-7-20-39(47)40-21-8-10-24-48(40)55;1-3-13-34(14-4-1)43-31-44(35-15-5-2-6-16-35)54-49(53-43)36-24-27-42(51-32-36)46-30-37(29-45(52-46)41-19-11-12-28-50-41)33-22-25-38(26-23-33)55-47-20-9-7-17-39(47)40-18-8-10-21-48(40)55/h2*1-32H. The Kier molecular flexibility index (Phi) is 17.3. The number of aromatic nitrogens is 12. The normalized spacial score (nSPS) is 11.3. The predicted octanol–water partition coefficient (Wildman–Crippen LogP) is 23.5. The third-order valence-corrected chi connectivity index (χ3v) is 19.9. The first-order chi connectivity index (χ1) is 54.5. The van der Waals surface area contributed by atoms with Crippen LogP contribution < -0.4 is 0 Å². The predicted molar refractivity (Wildman–Crippen MR) is 445 cm³/mol. The Morgan fingerprint density at radius 1 is 0.164 bits per heavy atom. The Bertz CT molecular complexity index is 6500. The Balaban J connectivity index is 0.000000149. The fourth-order valence-corrected chi connectivity index (χ4v) is 14.5. The Morgan fingerprint density at radius 2 is 0.482 bits per heavy atom. The maximum absolute atomic E-state index is 5.10. The second-order valence-corrected chi connectivity index (χ2v) is 26.8. The van der Waals surface area contributed by atoms with Crippen molar-refractivity contribution in [3.63, 3.8) is 0 Å². The number of rotatable bonds is 14. The zero-order valence-corrected chi connectivity index (χ0v) is 59.3. The summed E-state index contributed by atoms with van der Waals surface area (Å²) in [6.07, 6.45) is 7.27. The molecular weight excluding hydrogens is 1350 g/mol. The molecule has 110 heavy (non-hydrogen) atoms. The van der Waals surface area contributed by atoms with Gasteiger partial charge in [-0.25, -0.2) is 29.9 Å². The van der Waals surface area contributed by atoms with Crippen molar-refractivity contribution in [2.24, 2.45) is 0 Å². The van der Waals surface area contributed by atoms with Crippen LogP contribution in [0.3, 0.4) is 0 Å². The van der Waals surface area contributed by atoms with Crippen LogP contribution in [-0.4, -0.2) is 59.0 Å². The molecule has 0 atom stereocenters. The lowest BCUT2D eigenvalue weighted by atomic mass is 10.0. The smallest absolute Gasteiger partial charge is 0.161 e. The molecule has 0 amide bonds. The third kappa shape index (κ3) is 13.1. The van der Waals surface area contributed by atoms with Gasteiger partial charge in [0.1, 0.15) is 0 Å². The Hall–Kier alpha value is -15.1. The van der Waals surface area contributed by atoms with Crippen molar-refractivity contribution in [3.8, 4) is 147 Å². The van der Waals surface area contributed by atoms with Crippen molar-refractivity contribution in [1.29, 1.82) is 0 Å². The number of hydrogen-bond donors (Lipinski definition) is 0. The van der Waals surface area contributed by atoms with Crippen LogP contribution >= 0.6 is 0 Å². The lowest BCUT2D eigenvalue weighted by Gasteiger charge is -2.13. The number of fused-ring (bicyclic) bond motifs is 6. The summed E-state index contributed by atoms with van der Waals surface area (Å²) in [5.74, 6) is 1.22. The quantitative estimate of drug-likeness (QED) is 0.103. The van der Waals surface area contributed by atoms with Gasteiger partial charge in [-0.2, -0.15) is 0 Å². The van der Waals surface area contributed by atoms with Crippen LogP contribution in [0.2, 0.25) is 0 Å². The molecule has 0 saturated carbocycles. The van der Waals surface area contributed by atoms with Crippen LogP contribution in [0.15, 0.2) is 389 Å². The average molecular weight is 1410 g/mol. The van der Waals surface area contributed by atoms with E-state index in [1.807, 2.05) is 158 Å². The lowest BCUT2D eigenvalue weighted by Crippen LogP contribution is -1.98. The topological polar surface area (TPSA) is 139 Å². The van der Waals surface area contributed by atoms with Gasteiger partial charge in [0, 0.05) is 91.1 Å². The van der Waals surface area contributed by atoms with E-state index in [9.17, 15) is 0 Å². The number of para-hydroxylation sites is 4. The molecule has 0 aliphatic carbocycles. The molecule has 20 aromatic rings. The van der Waals surface area contributed by atoms with Gasteiger partial charge in [0.15, 0.2) is 11.6 Å². The molecule has 0 unspecified atom stereocenters. The van der Waals surface area contributed by atoms with Gasteiger partial charge >= 0.3 is 0 Å². The van der Waals surface area contributed by atoms with E-state index >= 15 is 0 Å². The molecule has 0 N–H and O–H groups in total. The highest BCUT2D eigenvalue weighted by Gasteiger charge is 2.20. The highest BCUT2D eigenvalue weighted by Crippen LogP contribution is 2.39. The van der Waals surface area contributed by atoms with Crippen molar-refractivity contribution in [2.45, 2.75) is 0 Å². The van der Waals surface area contributed by atoms with Gasteiger partial charge in [-0.15, -0.1) is 0 Å². The summed E-state index contributed by atoms with van der Waals surface area (Å²) in [4.78, 5) is 49.4. The van der Waals surface area contributed by atoms with E-state index in [4.69, 9.17) is 39.9 Å².